The zero-order chi connectivity index (χ0) is 14.5. The molecule has 112 valence electrons. The van der Waals surface area contributed by atoms with Crippen LogP contribution in [0.1, 0.15) is 19.3 Å². The third kappa shape index (κ3) is 3.71. The maximum Gasteiger partial charge on any atom is 0.287 e. The third-order valence-electron chi connectivity index (χ3n) is 3.59. The van der Waals surface area contributed by atoms with Gasteiger partial charge in [-0.05, 0) is 25.2 Å². The van der Waals surface area contributed by atoms with Gasteiger partial charge in [-0.25, -0.2) is 4.68 Å². The molecule has 1 aliphatic rings. The molecule has 2 atom stereocenters. The van der Waals surface area contributed by atoms with E-state index in [0.717, 1.165) is 19.3 Å². The molecule has 6 nitrogen and oxygen atoms in total. The van der Waals surface area contributed by atoms with E-state index >= 15 is 0 Å². The topological polar surface area (TPSA) is 76.4 Å². The number of aliphatic hydroxyl groups excluding tert-OH is 1. The Hall–Kier alpha value is -1.11. The molecule has 2 unspecified atom stereocenters. The largest absolute Gasteiger partial charge is 0.393 e. The van der Waals surface area contributed by atoms with Crippen molar-refractivity contribution in [3.05, 3.63) is 21.6 Å². The maximum atomic E-state index is 12.0. The Labute approximate surface area is 122 Å². The molecule has 7 heteroatoms. The molecule has 1 fully saturated rings. The summed E-state index contributed by atoms with van der Waals surface area (Å²) in [5.74, 6) is 0.414. The number of hydrogen-bond donors (Lipinski definition) is 2. The number of methoxy groups -OCH3 is 1. The monoisotopic (exact) mass is 301 g/mol. The van der Waals surface area contributed by atoms with E-state index in [1.807, 2.05) is 0 Å². The van der Waals surface area contributed by atoms with E-state index in [9.17, 15) is 9.90 Å². The highest BCUT2D eigenvalue weighted by Crippen LogP contribution is 2.26. The summed E-state index contributed by atoms with van der Waals surface area (Å²) >= 11 is 6.07. The highest BCUT2D eigenvalue weighted by atomic mass is 35.5. The molecular formula is C13H20ClN3O3. The molecule has 1 heterocycles. The summed E-state index contributed by atoms with van der Waals surface area (Å²) in [6, 6.07) is 0. The Balaban J connectivity index is 1.98. The first-order valence-electron chi connectivity index (χ1n) is 6.78. The molecule has 1 aromatic rings. The molecule has 0 amide bonds. The van der Waals surface area contributed by atoms with Crippen LogP contribution in [0.4, 0.5) is 5.69 Å². The van der Waals surface area contributed by atoms with Crippen LogP contribution >= 0.6 is 11.6 Å². The summed E-state index contributed by atoms with van der Waals surface area (Å²) in [5, 5.41) is 16.8. The summed E-state index contributed by atoms with van der Waals surface area (Å²) < 4.78 is 6.20. The lowest BCUT2D eigenvalue weighted by Gasteiger charge is -2.13. The number of aromatic nitrogens is 2. The number of rotatable bonds is 6. The zero-order valence-corrected chi connectivity index (χ0v) is 12.3. The summed E-state index contributed by atoms with van der Waals surface area (Å²) in [7, 11) is 1.57. The van der Waals surface area contributed by atoms with Crippen molar-refractivity contribution in [2.75, 3.05) is 25.6 Å². The van der Waals surface area contributed by atoms with Crippen molar-refractivity contribution >= 4 is 17.3 Å². The van der Waals surface area contributed by atoms with Gasteiger partial charge in [0, 0.05) is 13.7 Å². The zero-order valence-electron chi connectivity index (χ0n) is 11.5. The van der Waals surface area contributed by atoms with Gasteiger partial charge in [0.05, 0.1) is 31.1 Å². The van der Waals surface area contributed by atoms with Gasteiger partial charge in [-0.3, -0.25) is 4.79 Å². The predicted octanol–water partition coefficient (Wildman–Crippen LogP) is 1.12. The molecule has 0 aromatic carbocycles. The second-order valence-electron chi connectivity index (χ2n) is 5.11. The predicted molar refractivity (Wildman–Crippen MR) is 77.2 cm³/mol. The van der Waals surface area contributed by atoms with Crippen molar-refractivity contribution in [3.63, 3.8) is 0 Å². The van der Waals surface area contributed by atoms with Gasteiger partial charge in [-0.1, -0.05) is 11.6 Å². The van der Waals surface area contributed by atoms with Crippen LogP contribution in [0.25, 0.3) is 0 Å². The van der Waals surface area contributed by atoms with Gasteiger partial charge < -0.3 is 15.2 Å². The summed E-state index contributed by atoms with van der Waals surface area (Å²) in [6.45, 7) is 1.49. The van der Waals surface area contributed by atoms with Crippen molar-refractivity contribution in [1.82, 2.24) is 9.78 Å². The third-order valence-corrected chi connectivity index (χ3v) is 3.95. The number of nitrogens with zero attached hydrogens (tertiary/aromatic N) is 2. The number of ether oxygens (including phenoxy) is 1. The maximum absolute atomic E-state index is 12.0. The molecule has 1 aliphatic carbocycles. The molecule has 0 bridgehead atoms. The lowest BCUT2D eigenvalue weighted by molar-refractivity contribution is 0.178. The molecular weight excluding hydrogens is 282 g/mol. The van der Waals surface area contributed by atoms with Gasteiger partial charge in [0.1, 0.15) is 5.02 Å². The van der Waals surface area contributed by atoms with Crippen LogP contribution in [0.3, 0.4) is 0 Å². The van der Waals surface area contributed by atoms with E-state index in [2.05, 4.69) is 10.4 Å². The first-order chi connectivity index (χ1) is 9.61. The minimum absolute atomic E-state index is 0.148. The molecule has 2 N–H and O–H groups in total. The second kappa shape index (κ2) is 7.06. The van der Waals surface area contributed by atoms with Crippen LogP contribution in [0, 0.1) is 5.92 Å². The van der Waals surface area contributed by atoms with Crippen LogP contribution in [0.2, 0.25) is 5.02 Å². The van der Waals surface area contributed by atoms with Crippen LogP contribution < -0.4 is 10.9 Å². The van der Waals surface area contributed by atoms with Gasteiger partial charge in [0.2, 0.25) is 0 Å². The number of halogens is 1. The average Bonchev–Trinajstić information content (AvgIpc) is 2.85. The van der Waals surface area contributed by atoms with E-state index in [1.54, 1.807) is 13.3 Å². The standard InChI is InChI=1S/C13H20ClN3O3/c1-20-5-4-17-13(19)12(14)11(8-16-17)15-7-9-2-3-10(18)6-9/h8-10,15,18H,2-7H2,1H3. The summed E-state index contributed by atoms with van der Waals surface area (Å²) in [5.41, 5.74) is 0.229. The lowest BCUT2D eigenvalue weighted by Crippen LogP contribution is -2.26. The molecule has 0 spiro atoms. The fourth-order valence-electron chi connectivity index (χ4n) is 2.41. The lowest BCUT2D eigenvalue weighted by atomic mass is 10.1. The van der Waals surface area contributed by atoms with Crippen LogP contribution in [0.5, 0.6) is 0 Å². The minimum atomic E-state index is -0.319. The minimum Gasteiger partial charge on any atom is -0.393 e. The number of nitrogens with one attached hydrogen (secondary N) is 1. The Morgan fingerprint density at radius 3 is 3.05 bits per heavy atom. The molecule has 1 aromatic heterocycles. The molecule has 0 saturated heterocycles. The van der Waals surface area contributed by atoms with Gasteiger partial charge in [-0.15, -0.1) is 0 Å². The van der Waals surface area contributed by atoms with Gasteiger partial charge in [0.25, 0.3) is 5.56 Å². The van der Waals surface area contributed by atoms with Gasteiger partial charge in [0.15, 0.2) is 0 Å². The molecule has 0 radical (unpaired) electrons. The fraction of sp³-hybridized carbons (Fsp3) is 0.692. The van der Waals surface area contributed by atoms with E-state index in [1.165, 1.54) is 4.68 Å². The second-order valence-corrected chi connectivity index (χ2v) is 5.49. The number of aliphatic hydroxyl groups is 1. The van der Waals surface area contributed by atoms with Crippen molar-refractivity contribution in [1.29, 1.82) is 0 Å². The SMILES string of the molecule is COCCn1ncc(NCC2CCC(O)C2)c(Cl)c1=O. The summed E-state index contributed by atoms with van der Waals surface area (Å²) in [6.07, 6.45) is 3.99. The van der Waals surface area contributed by atoms with Crippen LogP contribution in [-0.4, -0.2) is 41.3 Å². The Kier molecular flexibility index (Phi) is 5.39. The van der Waals surface area contributed by atoms with Crippen molar-refractivity contribution in [2.45, 2.75) is 31.9 Å². The smallest absolute Gasteiger partial charge is 0.287 e. The highest BCUT2D eigenvalue weighted by Gasteiger charge is 2.22. The van der Waals surface area contributed by atoms with Crippen LogP contribution in [0.15, 0.2) is 11.0 Å². The van der Waals surface area contributed by atoms with Crippen LogP contribution in [-0.2, 0) is 11.3 Å². The Bertz CT molecular complexity index is 506. The number of anilines is 1. The summed E-state index contributed by atoms with van der Waals surface area (Å²) in [4.78, 5) is 12.0. The molecule has 0 aliphatic heterocycles. The van der Waals surface area contributed by atoms with E-state index in [4.69, 9.17) is 16.3 Å². The van der Waals surface area contributed by atoms with E-state index in [0.29, 0.717) is 31.3 Å². The van der Waals surface area contributed by atoms with E-state index in [-0.39, 0.29) is 16.7 Å². The fourth-order valence-corrected chi connectivity index (χ4v) is 2.63. The highest BCUT2D eigenvalue weighted by molar-refractivity contribution is 6.32. The van der Waals surface area contributed by atoms with Crippen molar-refractivity contribution in [3.8, 4) is 0 Å². The molecule has 1 saturated carbocycles. The quantitative estimate of drug-likeness (QED) is 0.823. The van der Waals surface area contributed by atoms with Crippen molar-refractivity contribution in [2.24, 2.45) is 5.92 Å². The van der Waals surface area contributed by atoms with Crippen molar-refractivity contribution < 1.29 is 9.84 Å². The Morgan fingerprint density at radius 1 is 1.60 bits per heavy atom. The van der Waals surface area contributed by atoms with Gasteiger partial charge in [-0.2, -0.15) is 5.10 Å². The Morgan fingerprint density at radius 2 is 2.40 bits per heavy atom. The average molecular weight is 302 g/mol. The van der Waals surface area contributed by atoms with Gasteiger partial charge >= 0.3 is 0 Å². The first kappa shape index (κ1) is 15.3. The molecule has 2 rings (SSSR count). The first-order valence-corrected chi connectivity index (χ1v) is 7.16. The number of hydrogen-bond acceptors (Lipinski definition) is 5. The molecule has 20 heavy (non-hydrogen) atoms. The van der Waals surface area contributed by atoms with E-state index < -0.39 is 0 Å². The normalized spacial score (nSPS) is 22.1.